The van der Waals surface area contributed by atoms with Gasteiger partial charge in [-0.25, -0.2) is 13.5 Å². The van der Waals surface area contributed by atoms with E-state index >= 15 is 0 Å². The number of amides is 2. The molecule has 1 aliphatic heterocycles. The van der Waals surface area contributed by atoms with Crippen molar-refractivity contribution in [3.8, 4) is 11.5 Å². The van der Waals surface area contributed by atoms with Crippen LogP contribution in [-0.2, 0) is 6.54 Å². The Balaban J connectivity index is 1.75. The smallest absolute Gasteiger partial charge is 0.339 e. The molecule has 1 heterocycles. The summed E-state index contributed by atoms with van der Waals surface area (Å²) in [5.41, 5.74) is 1.85. The Morgan fingerprint density at radius 3 is 2.41 bits per heavy atom. The van der Waals surface area contributed by atoms with Gasteiger partial charge in [-0.2, -0.15) is 0 Å². The zero-order valence-corrected chi connectivity index (χ0v) is 16.8. The van der Waals surface area contributed by atoms with Crippen molar-refractivity contribution >= 4 is 29.4 Å². The fourth-order valence-electron chi connectivity index (χ4n) is 3.17. The lowest BCUT2D eigenvalue weighted by Crippen LogP contribution is -2.43. The van der Waals surface area contributed by atoms with Crippen LogP contribution in [0.3, 0.4) is 0 Å². The molecule has 3 aromatic rings. The van der Waals surface area contributed by atoms with Crippen molar-refractivity contribution in [1.29, 1.82) is 0 Å². The first-order chi connectivity index (χ1) is 14.1. The summed E-state index contributed by atoms with van der Waals surface area (Å²) in [5, 5.41) is 0. The van der Waals surface area contributed by atoms with Gasteiger partial charge < -0.3 is 9.47 Å². The second kappa shape index (κ2) is 8.05. The Morgan fingerprint density at radius 2 is 1.66 bits per heavy atom. The number of para-hydroxylation sites is 1. The Morgan fingerprint density at radius 1 is 0.931 bits per heavy atom. The Labute approximate surface area is 172 Å². The number of methoxy groups -OCH3 is 2. The van der Waals surface area contributed by atoms with Crippen LogP contribution in [-0.4, -0.2) is 20.3 Å². The minimum Gasteiger partial charge on any atom is -0.493 e. The van der Waals surface area contributed by atoms with E-state index in [1.54, 1.807) is 59.8 Å². The maximum absolute atomic E-state index is 14.3. The van der Waals surface area contributed by atoms with E-state index in [1.165, 1.54) is 18.0 Å². The number of halogens is 1. The maximum atomic E-state index is 14.3. The third-order valence-corrected chi connectivity index (χ3v) is 5.73. The summed E-state index contributed by atoms with van der Waals surface area (Å²) in [6.07, 6.45) is 0. The van der Waals surface area contributed by atoms with E-state index in [0.29, 0.717) is 22.7 Å². The summed E-state index contributed by atoms with van der Waals surface area (Å²) in [6, 6.07) is 19.1. The highest BCUT2D eigenvalue weighted by molar-refractivity contribution is 8.01. The van der Waals surface area contributed by atoms with Crippen molar-refractivity contribution in [1.82, 2.24) is 0 Å². The molecule has 0 aliphatic carbocycles. The predicted molar refractivity (Wildman–Crippen MR) is 112 cm³/mol. The Hall–Kier alpha value is -3.19. The molecule has 0 saturated heterocycles. The van der Waals surface area contributed by atoms with Gasteiger partial charge in [0.15, 0.2) is 11.5 Å². The number of carbonyl (C=O) groups excluding carboxylic acids is 1. The highest BCUT2D eigenvalue weighted by Crippen LogP contribution is 2.43. The molecule has 3 aromatic carbocycles. The number of carbonyl (C=O) groups is 1. The zero-order chi connectivity index (χ0) is 20.4. The van der Waals surface area contributed by atoms with Crippen molar-refractivity contribution in [2.45, 2.75) is 11.4 Å². The lowest BCUT2D eigenvalue weighted by Gasteiger charge is -2.36. The largest absolute Gasteiger partial charge is 0.493 e. The quantitative estimate of drug-likeness (QED) is 0.521. The standard InChI is InChI=1S/C22H19FN2O3S/c1-27-19-12-11-16(13-20(19)28-2)25-22(26)24(14-15-7-3-4-8-17(15)23)18-9-5-6-10-21(18)29-25/h3-13H,14H2,1-2H3. The molecule has 0 fully saturated rings. The summed E-state index contributed by atoms with van der Waals surface area (Å²) >= 11 is 1.32. The molecule has 4 rings (SSSR count). The second-order valence-corrected chi connectivity index (χ2v) is 7.34. The lowest BCUT2D eigenvalue weighted by molar-refractivity contribution is 0.254. The predicted octanol–water partition coefficient (Wildman–Crippen LogP) is 5.50. The second-order valence-electron chi connectivity index (χ2n) is 6.35. The highest BCUT2D eigenvalue weighted by atomic mass is 32.2. The van der Waals surface area contributed by atoms with Gasteiger partial charge in [0.1, 0.15) is 5.82 Å². The Kier molecular flexibility index (Phi) is 5.31. The van der Waals surface area contributed by atoms with E-state index in [4.69, 9.17) is 9.47 Å². The summed E-state index contributed by atoms with van der Waals surface area (Å²) in [7, 11) is 3.11. The molecule has 1 aliphatic rings. The molecule has 2 amide bonds. The monoisotopic (exact) mass is 410 g/mol. The minimum absolute atomic E-state index is 0.132. The molecule has 0 atom stereocenters. The van der Waals surface area contributed by atoms with Crippen LogP contribution in [0.25, 0.3) is 0 Å². The minimum atomic E-state index is -0.339. The van der Waals surface area contributed by atoms with Crippen molar-refractivity contribution in [3.63, 3.8) is 0 Å². The average Bonchev–Trinajstić information content (AvgIpc) is 2.76. The van der Waals surface area contributed by atoms with Crippen LogP contribution in [0, 0.1) is 5.82 Å². The average molecular weight is 410 g/mol. The van der Waals surface area contributed by atoms with Crippen molar-refractivity contribution in [3.05, 3.63) is 78.1 Å². The maximum Gasteiger partial charge on any atom is 0.339 e. The van der Waals surface area contributed by atoms with Gasteiger partial charge in [0, 0.05) is 11.6 Å². The van der Waals surface area contributed by atoms with E-state index in [1.807, 2.05) is 24.3 Å². The highest BCUT2D eigenvalue weighted by Gasteiger charge is 2.33. The van der Waals surface area contributed by atoms with Gasteiger partial charge in [-0.1, -0.05) is 30.3 Å². The topological polar surface area (TPSA) is 42.0 Å². The third kappa shape index (κ3) is 3.61. The van der Waals surface area contributed by atoms with Crippen LogP contribution in [0.5, 0.6) is 11.5 Å². The third-order valence-electron chi connectivity index (χ3n) is 4.64. The van der Waals surface area contributed by atoms with Gasteiger partial charge in [-0.05, 0) is 42.3 Å². The fraction of sp³-hybridized carbons (Fsp3) is 0.136. The molecule has 148 valence electrons. The number of anilines is 2. The van der Waals surface area contributed by atoms with E-state index in [2.05, 4.69) is 0 Å². The number of fused-ring (bicyclic) bond motifs is 1. The molecule has 0 radical (unpaired) electrons. The van der Waals surface area contributed by atoms with E-state index in [-0.39, 0.29) is 18.4 Å². The number of hydrogen-bond donors (Lipinski definition) is 0. The van der Waals surface area contributed by atoms with Gasteiger partial charge in [0.25, 0.3) is 0 Å². The molecule has 0 saturated carbocycles. The number of rotatable bonds is 5. The number of nitrogens with zero attached hydrogens (tertiary/aromatic N) is 2. The van der Waals surface area contributed by atoms with Gasteiger partial charge in [0.2, 0.25) is 0 Å². The van der Waals surface area contributed by atoms with Crippen LogP contribution >= 0.6 is 11.9 Å². The molecule has 0 spiro atoms. The van der Waals surface area contributed by atoms with Crippen LogP contribution in [0.4, 0.5) is 20.6 Å². The number of hydrogen-bond acceptors (Lipinski definition) is 4. The number of benzene rings is 3. The van der Waals surface area contributed by atoms with Crippen LogP contribution in [0.1, 0.15) is 5.56 Å². The van der Waals surface area contributed by atoms with E-state index in [0.717, 1.165) is 10.6 Å². The molecule has 5 nitrogen and oxygen atoms in total. The first kappa shape index (κ1) is 19.1. The van der Waals surface area contributed by atoms with Gasteiger partial charge >= 0.3 is 6.03 Å². The molecule has 0 aromatic heterocycles. The fourth-order valence-corrected chi connectivity index (χ4v) is 4.18. The van der Waals surface area contributed by atoms with Crippen molar-refractivity contribution in [2.24, 2.45) is 0 Å². The SMILES string of the molecule is COc1ccc(N2Sc3ccccc3N(Cc3ccccc3F)C2=O)cc1OC. The molecular formula is C22H19FN2O3S. The van der Waals surface area contributed by atoms with Gasteiger partial charge in [-0.3, -0.25) is 4.90 Å². The van der Waals surface area contributed by atoms with Crippen molar-refractivity contribution < 1.29 is 18.7 Å². The summed E-state index contributed by atoms with van der Waals surface area (Å²) in [5.74, 6) is 0.765. The molecule has 0 unspecified atom stereocenters. The molecular weight excluding hydrogens is 391 g/mol. The lowest BCUT2D eigenvalue weighted by atomic mass is 10.2. The first-order valence-electron chi connectivity index (χ1n) is 8.96. The first-order valence-corrected chi connectivity index (χ1v) is 9.73. The van der Waals surface area contributed by atoms with Crippen LogP contribution < -0.4 is 18.7 Å². The normalized spacial score (nSPS) is 13.3. The summed E-state index contributed by atoms with van der Waals surface area (Å²) in [6.45, 7) is 0.132. The molecule has 0 N–H and O–H groups in total. The van der Waals surface area contributed by atoms with Crippen molar-refractivity contribution in [2.75, 3.05) is 23.4 Å². The molecule has 0 bridgehead atoms. The van der Waals surface area contributed by atoms with Gasteiger partial charge in [-0.15, -0.1) is 0 Å². The van der Waals surface area contributed by atoms with E-state index < -0.39 is 0 Å². The van der Waals surface area contributed by atoms with Crippen LogP contribution in [0.2, 0.25) is 0 Å². The Bertz CT molecular complexity index is 1060. The van der Waals surface area contributed by atoms with Crippen LogP contribution in [0.15, 0.2) is 71.6 Å². The molecule has 7 heteroatoms. The molecule has 29 heavy (non-hydrogen) atoms. The summed E-state index contributed by atoms with van der Waals surface area (Å²) < 4.78 is 26.5. The number of urea groups is 1. The van der Waals surface area contributed by atoms with Gasteiger partial charge in [0.05, 0.1) is 37.0 Å². The zero-order valence-electron chi connectivity index (χ0n) is 16.0. The van der Waals surface area contributed by atoms with E-state index in [9.17, 15) is 9.18 Å². The summed E-state index contributed by atoms with van der Waals surface area (Å²) in [4.78, 5) is 15.9. The number of ether oxygens (including phenoxy) is 2.